The van der Waals surface area contributed by atoms with Gasteiger partial charge in [0.1, 0.15) is 5.75 Å². The molecule has 38 heavy (non-hydrogen) atoms. The highest BCUT2D eigenvalue weighted by Crippen LogP contribution is 2.39. The predicted octanol–water partition coefficient (Wildman–Crippen LogP) is 4.06. The molecule has 1 aliphatic carbocycles. The van der Waals surface area contributed by atoms with E-state index in [1.165, 1.54) is 4.31 Å². The number of aromatic nitrogens is 1. The lowest BCUT2D eigenvalue weighted by Crippen LogP contribution is -2.50. The summed E-state index contributed by atoms with van der Waals surface area (Å²) in [5, 5.41) is 3.13. The van der Waals surface area contributed by atoms with Crippen LogP contribution in [-0.4, -0.2) is 49.9 Å². The maximum atomic E-state index is 13.2. The van der Waals surface area contributed by atoms with Crippen LogP contribution in [-0.2, 0) is 22.2 Å². The second-order valence-corrected chi connectivity index (χ2v) is 11.4. The Kier molecular flexibility index (Phi) is 9.14. The average molecular weight is 537 g/mol. The molecule has 2 aromatic carbocycles. The summed E-state index contributed by atoms with van der Waals surface area (Å²) in [6, 6.07) is 20.8. The standard InChI is InChI=1S/C29H36N4O4S/c1-3-33(21-23-15-19-30-20-16-23)38(35,36)32-25-13-17-29(18-14-25,24-9-5-4-6-10-24)22-31-28(34)26-11-7-8-12-27(26)37-2/h4-12,15-16,19-20,25,32H,3,13-14,17-18,21-22H2,1-2H3,(H,31,34). The molecule has 0 atom stereocenters. The molecule has 1 aliphatic rings. The third kappa shape index (κ3) is 6.59. The van der Waals surface area contributed by atoms with E-state index in [0.29, 0.717) is 43.8 Å². The minimum Gasteiger partial charge on any atom is -0.496 e. The number of carbonyl (C=O) groups is 1. The van der Waals surface area contributed by atoms with Crippen molar-refractivity contribution < 1.29 is 17.9 Å². The predicted molar refractivity (Wildman–Crippen MR) is 148 cm³/mol. The average Bonchev–Trinajstić information content (AvgIpc) is 2.96. The molecule has 9 heteroatoms. The Morgan fingerprint density at radius 2 is 1.68 bits per heavy atom. The molecule has 0 saturated heterocycles. The summed E-state index contributed by atoms with van der Waals surface area (Å²) >= 11 is 0. The molecule has 1 aromatic heterocycles. The highest BCUT2D eigenvalue weighted by Gasteiger charge is 2.39. The van der Waals surface area contributed by atoms with Crippen LogP contribution in [0.3, 0.4) is 0 Å². The number of benzene rings is 2. The van der Waals surface area contributed by atoms with Crippen LogP contribution in [0.4, 0.5) is 0 Å². The summed E-state index contributed by atoms with van der Waals surface area (Å²) in [5.74, 6) is 0.347. The zero-order valence-electron chi connectivity index (χ0n) is 22.0. The van der Waals surface area contributed by atoms with Gasteiger partial charge in [-0.15, -0.1) is 0 Å². The zero-order valence-corrected chi connectivity index (χ0v) is 22.8. The van der Waals surface area contributed by atoms with Gasteiger partial charge in [-0.3, -0.25) is 9.78 Å². The van der Waals surface area contributed by atoms with Crippen LogP contribution in [0, 0.1) is 0 Å². The van der Waals surface area contributed by atoms with Gasteiger partial charge < -0.3 is 10.1 Å². The van der Waals surface area contributed by atoms with Crippen LogP contribution < -0.4 is 14.8 Å². The number of hydrogen-bond acceptors (Lipinski definition) is 5. The van der Waals surface area contributed by atoms with Crippen LogP contribution in [0.1, 0.15) is 54.1 Å². The monoisotopic (exact) mass is 536 g/mol. The van der Waals surface area contributed by atoms with Gasteiger partial charge in [0.25, 0.3) is 16.1 Å². The number of carbonyl (C=O) groups excluding carboxylic acids is 1. The molecular weight excluding hydrogens is 500 g/mol. The quantitative estimate of drug-likeness (QED) is 0.385. The number of nitrogens with one attached hydrogen (secondary N) is 2. The van der Waals surface area contributed by atoms with Crippen molar-refractivity contribution in [3.8, 4) is 5.75 Å². The Hall–Kier alpha value is -3.27. The van der Waals surface area contributed by atoms with Crippen molar-refractivity contribution in [2.75, 3.05) is 20.2 Å². The third-order valence-corrected chi connectivity index (χ3v) is 9.08. The number of amides is 1. The SMILES string of the molecule is CCN(Cc1ccncc1)S(=O)(=O)NC1CCC(CNC(=O)c2ccccc2OC)(c2ccccc2)CC1. The van der Waals surface area contributed by atoms with Crippen molar-refractivity contribution in [3.05, 3.63) is 95.8 Å². The maximum absolute atomic E-state index is 13.2. The Bertz CT molecular complexity index is 1290. The number of methoxy groups -OCH3 is 1. The van der Waals surface area contributed by atoms with E-state index in [1.807, 2.05) is 49.4 Å². The van der Waals surface area contributed by atoms with E-state index in [1.54, 1.807) is 31.6 Å². The molecule has 2 N–H and O–H groups in total. The molecule has 1 saturated carbocycles. The van der Waals surface area contributed by atoms with Crippen molar-refractivity contribution >= 4 is 16.1 Å². The van der Waals surface area contributed by atoms with Gasteiger partial charge >= 0.3 is 0 Å². The summed E-state index contributed by atoms with van der Waals surface area (Å²) in [6.07, 6.45) is 6.16. The summed E-state index contributed by atoms with van der Waals surface area (Å²) in [5.41, 5.74) is 2.25. The Morgan fingerprint density at radius 1 is 1.03 bits per heavy atom. The van der Waals surface area contributed by atoms with E-state index >= 15 is 0 Å². The fourth-order valence-corrected chi connectivity index (χ4v) is 6.63. The number of ether oxygens (including phenoxy) is 1. The first-order valence-electron chi connectivity index (χ1n) is 13.0. The van der Waals surface area contributed by atoms with Crippen molar-refractivity contribution in [1.29, 1.82) is 0 Å². The lowest BCUT2D eigenvalue weighted by Gasteiger charge is -2.41. The Balaban J connectivity index is 1.44. The summed E-state index contributed by atoms with van der Waals surface area (Å²) < 4.78 is 36.2. The molecule has 0 aliphatic heterocycles. The van der Waals surface area contributed by atoms with Crippen LogP contribution in [0.15, 0.2) is 79.1 Å². The second kappa shape index (κ2) is 12.5. The van der Waals surface area contributed by atoms with E-state index in [9.17, 15) is 13.2 Å². The smallest absolute Gasteiger partial charge is 0.279 e. The molecule has 1 amide bonds. The van der Waals surface area contributed by atoms with E-state index in [4.69, 9.17) is 4.74 Å². The molecule has 0 bridgehead atoms. The third-order valence-electron chi connectivity index (χ3n) is 7.38. The zero-order chi connectivity index (χ0) is 27.0. The van der Waals surface area contributed by atoms with E-state index in [-0.39, 0.29) is 17.4 Å². The topological polar surface area (TPSA) is 101 Å². The van der Waals surface area contributed by atoms with Crippen molar-refractivity contribution in [2.45, 2.75) is 50.6 Å². The van der Waals surface area contributed by atoms with Crippen LogP contribution >= 0.6 is 0 Å². The number of hydrogen-bond donors (Lipinski definition) is 2. The lowest BCUT2D eigenvalue weighted by atomic mass is 9.68. The van der Waals surface area contributed by atoms with Gasteiger partial charge in [0.15, 0.2) is 0 Å². The summed E-state index contributed by atoms with van der Waals surface area (Å²) in [4.78, 5) is 17.1. The van der Waals surface area contributed by atoms with Gasteiger partial charge in [0.05, 0.1) is 12.7 Å². The molecule has 202 valence electrons. The normalized spacial score (nSPS) is 19.7. The highest BCUT2D eigenvalue weighted by molar-refractivity contribution is 7.87. The number of nitrogens with zero attached hydrogens (tertiary/aromatic N) is 2. The highest BCUT2D eigenvalue weighted by atomic mass is 32.2. The first-order valence-corrected chi connectivity index (χ1v) is 14.4. The summed E-state index contributed by atoms with van der Waals surface area (Å²) in [6.45, 7) is 2.96. The Labute approximate surface area is 225 Å². The molecule has 8 nitrogen and oxygen atoms in total. The number of pyridine rings is 1. The fourth-order valence-electron chi connectivity index (χ4n) is 5.17. The molecule has 0 radical (unpaired) electrons. The van der Waals surface area contributed by atoms with Crippen molar-refractivity contribution in [1.82, 2.24) is 19.3 Å². The van der Waals surface area contributed by atoms with Gasteiger partial charge in [-0.05, 0) is 61.1 Å². The van der Waals surface area contributed by atoms with Crippen LogP contribution in [0.5, 0.6) is 5.75 Å². The molecule has 1 fully saturated rings. The Morgan fingerprint density at radius 3 is 2.34 bits per heavy atom. The van der Waals surface area contributed by atoms with Crippen molar-refractivity contribution in [2.24, 2.45) is 0 Å². The maximum Gasteiger partial charge on any atom is 0.279 e. The largest absolute Gasteiger partial charge is 0.496 e. The van der Waals surface area contributed by atoms with E-state index < -0.39 is 10.2 Å². The minimum absolute atomic E-state index is 0.173. The fraction of sp³-hybridized carbons (Fsp3) is 0.379. The van der Waals surface area contributed by atoms with Gasteiger partial charge in [-0.25, -0.2) is 0 Å². The van der Waals surface area contributed by atoms with Gasteiger partial charge in [0, 0.05) is 43.5 Å². The van der Waals surface area contributed by atoms with Crippen molar-refractivity contribution in [3.63, 3.8) is 0 Å². The summed E-state index contributed by atoms with van der Waals surface area (Å²) in [7, 11) is -2.11. The molecule has 1 heterocycles. The molecule has 3 aromatic rings. The number of rotatable bonds is 11. The van der Waals surface area contributed by atoms with Crippen LogP contribution in [0.2, 0.25) is 0 Å². The first-order chi connectivity index (χ1) is 18.4. The molecule has 4 rings (SSSR count). The van der Waals surface area contributed by atoms with Gasteiger partial charge in [-0.1, -0.05) is 49.4 Å². The van der Waals surface area contributed by atoms with Gasteiger partial charge in [-0.2, -0.15) is 17.4 Å². The first kappa shape index (κ1) is 27.8. The molecular formula is C29H36N4O4S. The number of para-hydroxylation sites is 1. The molecule has 0 unspecified atom stereocenters. The lowest BCUT2D eigenvalue weighted by molar-refractivity contribution is 0.0932. The van der Waals surface area contributed by atoms with E-state index in [2.05, 4.69) is 27.2 Å². The van der Waals surface area contributed by atoms with Gasteiger partial charge in [0.2, 0.25) is 0 Å². The minimum atomic E-state index is -3.66. The second-order valence-electron chi connectivity index (χ2n) is 9.71. The van der Waals surface area contributed by atoms with Crippen LogP contribution in [0.25, 0.3) is 0 Å². The van der Waals surface area contributed by atoms with E-state index in [0.717, 1.165) is 24.0 Å². The molecule has 0 spiro atoms.